The minimum Gasteiger partial charge on any atom is -0.398 e. The Bertz CT molecular complexity index is 699. The van der Waals surface area contributed by atoms with Crippen LogP contribution in [0.3, 0.4) is 0 Å². The third-order valence-electron chi connectivity index (χ3n) is 3.02. The number of benzene rings is 2. The van der Waals surface area contributed by atoms with Crippen molar-refractivity contribution >= 4 is 26.5 Å². The van der Waals surface area contributed by atoms with Gasteiger partial charge in [0, 0.05) is 36.7 Å². The second-order valence-electron chi connectivity index (χ2n) is 4.44. The van der Waals surface area contributed by atoms with E-state index < -0.39 is 10.0 Å². The number of anilines is 1. The summed E-state index contributed by atoms with van der Waals surface area (Å²) in [6.45, 7) is 0.861. The van der Waals surface area contributed by atoms with Crippen LogP contribution in [-0.2, 0) is 14.8 Å². The molecule has 20 heavy (non-hydrogen) atoms. The van der Waals surface area contributed by atoms with Crippen molar-refractivity contribution in [2.45, 2.75) is 11.3 Å². The maximum Gasteiger partial charge on any atom is 0.241 e. The number of nitrogen functional groups attached to an aromatic ring is 1. The van der Waals surface area contributed by atoms with Gasteiger partial charge in [-0.2, -0.15) is 0 Å². The van der Waals surface area contributed by atoms with Crippen LogP contribution in [0.1, 0.15) is 6.42 Å². The normalized spacial score (nSPS) is 11.8. The maximum atomic E-state index is 12.3. The molecule has 6 heteroatoms. The minimum absolute atomic E-state index is 0.250. The number of nitrogens with one attached hydrogen (secondary N) is 1. The van der Waals surface area contributed by atoms with E-state index in [2.05, 4.69) is 4.72 Å². The quantitative estimate of drug-likeness (QED) is 0.628. The molecule has 2 rings (SSSR count). The first kappa shape index (κ1) is 14.8. The summed E-state index contributed by atoms with van der Waals surface area (Å²) in [7, 11) is -1.96. The molecule has 0 saturated heterocycles. The van der Waals surface area contributed by atoms with E-state index >= 15 is 0 Å². The first-order valence-electron chi connectivity index (χ1n) is 6.32. The van der Waals surface area contributed by atoms with Crippen molar-refractivity contribution in [1.82, 2.24) is 4.72 Å². The highest BCUT2D eigenvalue weighted by Gasteiger charge is 2.17. The topological polar surface area (TPSA) is 81.4 Å². The molecule has 0 aliphatic carbocycles. The van der Waals surface area contributed by atoms with Crippen molar-refractivity contribution in [3.8, 4) is 0 Å². The average Bonchev–Trinajstić information content (AvgIpc) is 2.44. The van der Waals surface area contributed by atoms with E-state index in [1.165, 1.54) is 6.07 Å². The lowest BCUT2D eigenvalue weighted by molar-refractivity contribution is 0.196. The number of fused-ring (bicyclic) bond motifs is 1. The third-order valence-corrected chi connectivity index (χ3v) is 4.54. The van der Waals surface area contributed by atoms with Crippen molar-refractivity contribution in [2.24, 2.45) is 0 Å². The molecule has 5 nitrogen and oxygen atoms in total. The largest absolute Gasteiger partial charge is 0.398 e. The fraction of sp³-hybridized carbons (Fsp3) is 0.286. The third kappa shape index (κ3) is 3.09. The van der Waals surface area contributed by atoms with Gasteiger partial charge in [-0.05, 0) is 18.6 Å². The van der Waals surface area contributed by atoms with Gasteiger partial charge in [-0.15, -0.1) is 0 Å². The molecule has 0 heterocycles. The molecule has 0 bridgehead atoms. The fourth-order valence-corrected chi connectivity index (χ4v) is 3.31. The molecule has 0 spiro atoms. The Kier molecular flexibility index (Phi) is 4.59. The van der Waals surface area contributed by atoms with Crippen LogP contribution in [0.15, 0.2) is 41.3 Å². The van der Waals surface area contributed by atoms with Crippen molar-refractivity contribution < 1.29 is 13.2 Å². The second kappa shape index (κ2) is 6.21. The van der Waals surface area contributed by atoms with Crippen LogP contribution in [0.4, 0.5) is 5.69 Å². The summed E-state index contributed by atoms with van der Waals surface area (Å²) in [5.41, 5.74) is 6.44. The van der Waals surface area contributed by atoms with Gasteiger partial charge in [-0.1, -0.05) is 24.3 Å². The van der Waals surface area contributed by atoms with Gasteiger partial charge in [0.25, 0.3) is 0 Å². The van der Waals surface area contributed by atoms with E-state index in [9.17, 15) is 8.42 Å². The van der Waals surface area contributed by atoms with Gasteiger partial charge >= 0.3 is 0 Å². The molecule has 0 aliphatic rings. The molecule has 0 amide bonds. The van der Waals surface area contributed by atoms with E-state index in [1.807, 2.05) is 12.1 Å². The molecule has 0 unspecified atom stereocenters. The van der Waals surface area contributed by atoms with Crippen molar-refractivity contribution in [3.63, 3.8) is 0 Å². The van der Waals surface area contributed by atoms with Gasteiger partial charge in [-0.25, -0.2) is 13.1 Å². The van der Waals surface area contributed by atoms with Crippen LogP contribution in [0, 0.1) is 0 Å². The number of hydrogen-bond donors (Lipinski definition) is 2. The number of rotatable bonds is 6. The minimum atomic E-state index is -3.55. The summed E-state index contributed by atoms with van der Waals surface area (Å²) < 4.78 is 32.1. The summed E-state index contributed by atoms with van der Waals surface area (Å²) in [6.07, 6.45) is 0.628. The smallest absolute Gasteiger partial charge is 0.241 e. The van der Waals surface area contributed by atoms with Crippen LogP contribution >= 0.6 is 0 Å². The van der Waals surface area contributed by atoms with Gasteiger partial charge in [0.2, 0.25) is 10.0 Å². The van der Waals surface area contributed by atoms with Gasteiger partial charge in [0.05, 0.1) is 4.90 Å². The molecule has 0 fully saturated rings. The average molecular weight is 294 g/mol. The number of hydrogen-bond acceptors (Lipinski definition) is 4. The SMILES string of the molecule is COCCCNS(=O)(=O)c1ccc(N)c2ccccc12. The van der Waals surface area contributed by atoms with Crippen LogP contribution in [0.2, 0.25) is 0 Å². The zero-order valence-electron chi connectivity index (χ0n) is 11.3. The lowest BCUT2D eigenvalue weighted by atomic mass is 10.1. The summed E-state index contributed by atoms with van der Waals surface area (Å²) in [4.78, 5) is 0.250. The van der Waals surface area contributed by atoms with Gasteiger partial charge in [0.15, 0.2) is 0 Å². The molecular weight excluding hydrogens is 276 g/mol. The molecule has 108 valence electrons. The van der Waals surface area contributed by atoms with Crippen LogP contribution < -0.4 is 10.5 Å². The Morgan fingerprint density at radius 3 is 2.55 bits per heavy atom. The van der Waals surface area contributed by atoms with Crippen molar-refractivity contribution in [3.05, 3.63) is 36.4 Å². The molecule has 2 aromatic carbocycles. The molecule has 0 radical (unpaired) electrons. The van der Waals surface area contributed by atoms with Crippen LogP contribution in [0.5, 0.6) is 0 Å². The highest BCUT2D eigenvalue weighted by Crippen LogP contribution is 2.27. The Morgan fingerprint density at radius 2 is 1.85 bits per heavy atom. The molecular formula is C14H18N2O3S. The lowest BCUT2D eigenvalue weighted by Crippen LogP contribution is -2.25. The highest BCUT2D eigenvalue weighted by molar-refractivity contribution is 7.89. The maximum absolute atomic E-state index is 12.3. The lowest BCUT2D eigenvalue weighted by Gasteiger charge is -2.10. The van der Waals surface area contributed by atoms with Crippen molar-refractivity contribution in [2.75, 3.05) is 26.0 Å². The summed E-state index contributed by atoms with van der Waals surface area (Å²) in [5.74, 6) is 0. The Hall–Kier alpha value is -1.63. The number of ether oxygens (including phenoxy) is 1. The molecule has 3 N–H and O–H groups in total. The van der Waals surface area contributed by atoms with E-state index in [1.54, 1.807) is 25.3 Å². The molecule has 0 aliphatic heterocycles. The Balaban J connectivity index is 2.35. The van der Waals surface area contributed by atoms with Gasteiger partial charge in [0.1, 0.15) is 0 Å². The Morgan fingerprint density at radius 1 is 1.15 bits per heavy atom. The monoisotopic (exact) mass is 294 g/mol. The predicted octanol–water partition coefficient (Wildman–Crippen LogP) is 1.74. The Labute approximate surface area is 118 Å². The van der Waals surface area contributed by atoms with Crippen molar-refractivity contribution in [1.29, 1.82) is 0 Å². The number of sulfonamides is 1. The van der Waals surface area contributed by atoms with Gasteiger partial charge < -0.3 is 10.5 Å². The molecule has 2 aromatic rings. The second-order valence-corrected chi connectivity index (χ2v) is 6.18. The summed E-state index contributed by atoms with van der Waals surface area (Å²) in [6, 6.07) is 10.4. The first-order valence-corrected chi connectivity index (χ1v) is 7.80. The molecule has 0 saturated carbocycles. The van der Waals surface area contributed by atoms with Gasteiger partial charge in [-0.3, -0.25) is 0 Å². The molecule has 0 aromatic heterocycles. The number of methoxy groups -OCH3 is 1. The highest BCUT2D eigenvalue weighted by atomic mass is 32.2. The summed E-state index contributed by atoms with van der Waals surface area (Å²) in [5, 5.41) is 1.37. The first-order chi connectivity index (χ1) is 9.56. The van der Waals surface area contributed by atoms with Crippen LogP contribution in [-0.4, -0.2) is 28.7 Å². The number of nitrogens with two attached hydrogens (primary N) is 1. The standard InChI is InChI=1S/C14H18N2O3S/c1-19-10-4-9-16-20(17,18)14-8-7-13(15)11-5-2-3-6-12(11)14/h2-3,5-8,16H,4,9-10,15H2,1H3. The van der Waals surface area contributed by atoms with E-state index in [4.69, 9.17) is 10.5 Å². The molecule has 0 atom stereocenters. The van der Waals surface area contributed by atoms with E-state index in [0.29, 0.717) is 30.6 Å². The zero-order chi connectivity index (χ0) is 14.6. The predicted molar refractivity (Wildman–Crippen MR) is 80.0 cm³/mol. The zero-order valence-corrected chi connectivity index (χ0v) is 12.1. The van der Waals surface area contributed by atoms with E-state index in [0.717, 1.165) is 5.39 Å². The fourth-order valence-electron chi connectivity index (χ4n) is 2.03. The van der Waals surface area contributed by atoms with Crippen LogP contribution in [0.25, 0.3) is 10.8 Å². The summed E-state index contributed by atoms with van der Waals surface area (Å²) >= 11 is 0. The van der Waals surface area contributed by atoms with E-state index in [-0.39, 0.29) is 4.90 Å².